The number of amides is 1. The third-order valence-electron chi connectivity index (χ3n) is 5.92. The first kappa shape index (κ1) is 21.7. The fraction of sp³-hybridized carbons (Fsp3) is 0.304. The highest BCUT2D eigenvalue weighted by molar-refractivity contribution is 5.99. The van der Waals surface area contributed by atoms with Gasteiger partial charge in [0, 0.05) is 35.5 Å². The number of carbonyl (C=O) groups is 1. The van der Waals surface area contributed by atoms with Crippen molar-refractivity contribution in [2.75, 3.05) is 42.7 Å². The molecule has 174 valence electrons. The zero-order valence-electron chi connectivity index (χ0n) is 18.2. The van der Waals surface area contributed by atoms with Crippen LogP contribution in [-0.2, 0) is 9.47 Å². The summed E-state index contributed by atoms with van der Waals surface area (Å²) in [6.45, 7) is 3.36. The smallest absolute Gasteiger partial charge is 0.413 e. The van der Waals surface area contributed by atoms with Gasteiger partial charge in [-0.25, -0.2) is 19.2 Å². The van der Waals surface area contributed by atoms with Crippen molar-refractivity contribution in [3.63, 3.8) is 0 Å². The number of benzene rings is 1. The summed E-state index contributed by atoms with van der Waals surface area (Å²) in [5.74, 6) is -0.437. The first-order valence-corrected chi connectivity index (χ1v) is 10.7. The lowest BCUT2D eigenvalue weighted by molar-refractivity contribution is 0.0878. The van der Waals surface area contributed by atoms with E-state index in [0.29, 0.717) is 41.1 Å². The van der Waals surface area contributed by atoms with Crippen LogP contribution in [0.4, 0.5) is 26.4 Å². The number of ether oxygens (including phenoxy) is 3. The minimum Gasteiger partial charge on any atom is -0.474 e. The molecule has 0 spiro atoms. The Bertz CT molecular complexity index is 1340. The lowest BCUT2D eigenvalue weighted by atomic mass is 9.97. The van der Waals surface area contributed by atoms with Gasteiger partial charge >= 0.3 is 6.09 Å². The summed E-state index contributed by atoms with van der Waals surface area (Å²) in [5.41, 5.74) is 8.38. The number of hydrogen-bond donors (Lipinski definition) is 3. The number of rotatable bonds is 3. The molecule has 2 aliphatic heterocycles. The number of fused-ring (bicyclic) bond motifs is 2. The highest BCUT2D eigenvalue weighted by atomic mass is 19.1. The molecule has 5 rings (SSSR count). The number of halogens is 1. The van der Waals surface area contributed by atoms with E-state index in [4.69, 9.17) is 25.2 Å². The van der Waals surface area contributed by atoms with E-state index in [1.54, 1.807) is 18.3 Å². The molecule has 4 heterocycles. The van der Waals surface area contributed by atoms with Crippen LogP contribution in [0.1, 0.15) is 5.56 Å². The molecule has 1 fully saturated rings. The molecule has 0 radical (unpaired) electrons. The molecular formula is C23H21FN6O4. The first-order chi connectivity index (χ1) is 16.5. The predicted octanol–water partition coefficient (Wildman–Crippen LogP) is 3.22. The summed E-state index contributed by atoms with van der Waals surface area (Å²) in [6, 6.07) is 5.26. The number of nitrogen functional groups attached to an aromatic ring is 1. The zero-order chi connectivity index (χ0) is 23.8. The number of nitrogens with one attached hydrogen (secondary N) is 2. The molecule has 1 aromatic carbocycles. The molecule has 0 aliphatic carbocycles. The summed E-state index contributed by atoms with van der Waals surface area (Å²) < 4.78 is 31.3. The SMILES string of the molecule is Cc1c(-c2cc3cc(NC(=O)O[C@H]4COC[C@H]4C#N)ncc3c(N)c2F)cnc2c1NCCO2. The third-order valence-corrected chi connectivity index (χ3v) is 5.92. The monoisotopic (exact) mass is 464 g/mol. The molecule has 2 aromatic heterocycles. The summed E-state index contributed by atoms with van der Waals surface area (Å²) in [7, 11) is 0. The fourth-order valence-electron chi connectivity index (χ4n) is 4.10. The highest BCUT2D eigenvalue weighted by Gasteiger charge is 2.31. The summed E-state index contributed by atoms with van der Waals surface area (Å²) in [6.07, 6.45) is 1.52. The van der Waals surface area contributed by atoms with E-state index in [-0.39, 0.29) is 30.3 Å². The Balaban J connectivity index is 1.47. The number of carbonyl (C=O) groups excluding carboxylic acids is 1. The predicted molar refractivity (Wildman–Crippen MR) is 122 cm³/mol. The molecule has 0 bridgehead atoms. The van der Waals surface area contributed by atoms with E-state index in [1.807, 2.05) is 6.92 Å². The van der Waals surface area contributed by atoms with Crippen molar-refractivity contribution in [1.82, 2.24) is 9.97 Å². The van der Waals surface area contributed by atoms with E-state index in [9.17, 15) is 4.79 Å². The highest BCUT2D eigenvalue weighted by Crippen LogP contribution is 2.39. The number of nitrogens with two attached hydrogens (primary N) is 1. The van der Waals surface area contributed by atoms with Gasteiger partial charge in [0.05, 0.1) is 25.0 Å². The van der Waals surface area contributed by atoms with Crippen LogP contribution in [0.3, 0.4) is 0 Å². The molecule has 10 nitrogen and oxygen atoms in total. The second-order valence-electron chi connectivity index (χ2n) is 8.04. The van der Waals surface area contributed by atoms with E-state index < -0.39 is 23.9 Å². The van der Waals surface area contributed by atoms with Gasteiger partial charge in [0.25, 0.3) is 0 Å². The quantitative estimate of drug-likeness (QED) is 0.498. The minimum atomic E-state index is -0.765. The van der Waals surface area contributed by atoms with Crippen molar-refractivity contribution in [3.05, 3.63) is 35.9 Å². The van der Waals surface area contributed by atoms with Gasteiger partial charge in [-0.15, -0.1) is 0 Å². The topological polar surface area (TPSA) is 144 Å². The van der Waals surface area contributed by atoms with Crippen molar-refractivity contribution in [2.24, 2.45) is 5.92 Å². The van der Waals surface area contributed by atoms with Gasteiger partial charge in [-0.2, -0.15) is 5.26 Å². The van der Waals surface area contributed by atoms with Gasteiger partial charge in [-0.05, 0) is 30.0 Å². The molecule has 2 atom stereocenters. The lowest BCUT2D eigenvalue weighted by Gasteiger charge is -2.22. The van der Waals surface area contributed by atoms with Crippen molar-refractivity contribution in [2.45, 2.75) is 13.0 Å². The van der Waals surface area contributed by atoms with Crippen LogP contribution in [0, 0.1) is 30.0 Å². The number of anilines is 3. The van der Waals surface area contributed by atoms with Crippen LogP contribution in [-0.4, -0.2) is 48.5 Å². The number of pyridine rings is 2. The van der Waals surface area contributed by atoms with E-state index in [1.165, 1.54) is 6.20 Å². The average Bonchev–Trinajstić information content (AvgIpc) is 3.29. The molecular weight excluding hydrogens is 443 g/mol. The van der Waals surface area contributed by atoms with Crippen LogP contribution >= 0.6 is 0 Å². The molecule has 1 saturated heterocycles. The number of aromatic nitrogens is 2. The second-order valence-corrected chi connectivity index (χ2v) is 8.04. The molecule has 0 unspecified atom stereocenters. The molecule has 0 saturated carbocycles. The Kier molecular flexibility index (Phi) is 5.51. The van der Waals surface area contributed by atoms with Gasteiger partial charge in [-0.3, -0.25) is 5.32 Å². The minimum absolute atomic E-state index is 0.0598. The van der Waals surface area contributed by atoms with E-state index >= 15 is 4.39 Å². The van der Waals surface area contributed by atoms with E-state index in [0.717, 1.165) is 5.56 Å². The van der Waals surface area contributed by atoms with Gasteiger partial charge in [0.15, 0.2) is 5.82 Å². The van der Waals surface area contributed by atoms with Crippen LogP contribution in [0.15, 0.2) is 24.5 Å². The Morgan fingerprint density at radius 2 is 2.18 bits per heavy atom. The largest absolute Gasteiger partial charge is 0.474 e. The summed E-state index contributed by atoms with van der Waals surface area (Å²) in [4.78, 5) is 20.8. The summed E-state index contributed by atoms with van der Waals surface area (Å²) in [5, 5.41) is 15.8. The van der Waals surface area contributed by atoms with Crippen molar-refractivity contribution in [3.8, 4) is 23.1 Å². The maximum Gasteiger partial charge on any atom is 0.413 e. The van der Waals surface area contributed by atoms with Gasteiger partial charge in [-0.1, -0.05) is 0 Å². The van der Waals surface area contributed by atoms with Crippen LogP contribution in [0.25, 0.3) is 21.9 Å². The van der Waals surface area contributed by atoms with Crippen LogP contribution in [0.2, 0.25) is 0 Å². The van der Waals surface area contributed by atoms with Crippen molar-refractivity contribution < 1.29 is 23.4 Å². The molecule has 3 aromatic rings. The summed E-state index contributed by atoms with van der Waals surface area (Å²) >= 11 is 0. The van der Waals surface area contributed by atoms with Gasteiger partial charge in [0.2, 0.25) is 5.88 Å². The van der Waals surface area contributed by atoms with Crippen LogP contribution in [0.5, 0.6) is 5.88 Å². The van der Waals surface area contributed by atoms with Crippen molar-refractivity contribution >= 4 is 34.1 Å². The first-order valence-electron chi connectivity index (χ1n) is 10.7. The Morgan fingerprint density at radius 1 is 1.32 bits per heavy atom. The molecule has 4 N–H and O–H groups in total. The maximum atomic E-state index is 15.3. The van der Waals surface area contributed by atoms with Gasteiger partial charge in [0.1, 0.15) is 30.1 Å². The third kappa shape index (κ3) is 3.78. The standard InChI is InChI=1S/C23H21FN6O4/c1-11-15(7-29-22-21(11)27-2-3-33-22)14-4-12-5-18(28-8-16(12)20(26)19(14)24)30-23(31)34-17-10-32-9-13(17)6-25/h4-5,7-8,13,17,27H,2-3,9-10,26H2,1H3,(H,28,30,31)/t13-,17+/m1/s1. The zero-order valence-corrected chi connectivity index (χ0v) is 18.2. The average molecular weight is 464 g/mol. The number of hydrogen-bond acceptors (Lipinski definition) is 9. The Morgan fingerprint density at radius 3 is 3.00 bits per heavy atom. The molecule has 2 aliphatic rings. The molecule has 1 amide bonds. The Labute approximate surface area is 193 Å². The second kappa shape index (κ2) is 8.64. The van der Waals surface area contributed by atoms with Gasteiger partial charge < -0.3 is 25.3 Å². The normalized spacial score (nSPS) is 19.0. The molecule has 34 heavy (non-hydrogen) atoms. The molecule has 11 heteroatoms. The Hall–Kier alpha value is -4.17. The maximum absolute atomic E-state index is 15.3. The lowest BCUT2D eigenvalue weighted by Crippen LogP contribution is -2.27. The fourth-order valence-corrected chi connectivity index (χ4v) is 4.10. The van der Waals surface area contributed by atoms with Crippen LogP contribution < -0.4 is 21.1 Å². The number of nitrogens with zero attached hydrogens (tertiary/aromatic N) is 3. The number of nitriles is 1. The van der Waals surface area contributed by atoms with E-state index in [2.05, 4.69) is 26.7 Å². The van der Waals surface area contributed by atoms with Crippen molar-refractivity contribution in [1.29, 1.82) is 5.26 Å².